The van der Waals surface area contributed by atoms with Crippen molar-refractivity contribution in [2.45, 2.75) is 64.8 Å². The van der Waals surface area contributed by atoms with Gasteiger partial charge in [-0.25, -0.2) is 0 Å². The van der Waals surface area contributed by atoms with E-state index in [0.717, 1.165) is 12.0 Å². The lowest BCUT2D eigenvalue weighted by atomic mass is 9.97. The first kappa shape index (κ1) is 23.9. The van der Waals surface area contributed by atoms with Crippen LogP contribution >= 0.6 is 0 Å². The molecule has 0 radical (unpaired) electrons. The van der Waals surface area contributed by atoms with Crippen LogP contribution in [-0.2, 0) is 9.59 Å². The summed E-state index contributed by atoms with van der Waals surface area (Å²) in [5.74, 6) is -0.346. The maximum Gasteiger partial charge on any atom is 0.247 e. The Bertz CT molecular complexity index is 914. The number of nitrogens with zero attached hydrogens (tertiary/aromatic N) is 3. The van der Waals surface area contributed by atoms with Gasteiger partial charge in [0.25, 0.3) is 0 Å². The van der Waals surface area contributed by atoms with Gasteiger partial charge in [0.1, 0.15) is 6.04 Å². The Morgan fingerprint density at radius 3 is 2.47 bits per heavy atom. The number of aromatic nitrogens is 2. The Kier molecular flexibility index (Phi) is 7.63. The van der Waals surface area contributed by atoms with Gasteiger partial charge in [0.05, 0.1) is 12.1 Å². The van der Waals surface area contributed by atoms with Gasteiger partial charge < -0.3 is 25.5 Å². The van der Waals surface area contributed by atoms with Gasteiger partial charge in [0.15, 0.2) is 6.10 Å². The van der Waals surface area contributed by atoms with Crippen molar-refractivity contribution in [3.05, 3.63) is 36.2 Å². The van der Waals surface area contributed by atoms with Crippen molar-refractivity contribution in [2.24, 2.45) is 17.6 Å². The molecule has 0 aliphatic carbocycles. The van der Waals surface area contributed by atoms with Gasteiger partial charge in [-0.1, -0.05) is 45.9 Å². The average molecular weight is 444 g/mol. The quantitative estimate of drug-likeness (QED) is 0.567. The molecule has 2 aromatic rings. The van der Waals surface area contributed by atoms with Crippen LogP contribution in [0.4, 0.5) is 0 Å². The third-order valence-electron chi connectivity index (χ3n) is 5.92. The zero-order valence-corrected chi connectivity index (χ0v) is 19.1. The standard InChI is InChI=1S/C23H33N5O4/c1-13(2)17(24)23(31)28-12-8-11-16(28)20(30)25-18(14(3)4)19(29)22-27-26-21(32-22)15-9-6-5-7-10-15/h5-7,9-10,13-14,16-19,29H,8,11-12,24H2,1-4H3,(H,25,30)/t16-,17+,18?,19?/m1/s1. The number of benzene rings is 1. The molecule has 4 atom stereocenters. The van der Waals surface area contributed by atoms with Crippen molar-refractivity contribution in [2.75, 3.05) is 6.54 Å². The molecule has 1 aliphatic heterocycles. The van der Waals surface area contributed by atoms with E-state index >= 15 is 0 Å². The van der Waals surface area contributed by atoms with Gasteiger partial charge >= 0.3 is 0 Å². The lowest BCUT2D eigenvalue weighted by Gasteiger charge is -2.31. The minimum absolute atomic E-state index is 0.0200. The first-order valence-corrected chi connectivity index (χ1v) is 11.1. The number of carbonyl (C=O) groups excluding carboxylic acids is 2. The van der Waals surface area contributed by atoms with Crippen LogP contribution in [0.2, 0.25) is 0 Å². The van der Waals surface area contributed by atoms with Crippen LogP contribution in [0.3, 0.4) is 0 Å². The van der Waals surface area contributed by atoms with Gasteiger partial charge in [-0.15, -0.1) is 10.2 Å². The van der Waals surface area contributed by atoms with E-state index in [2.05, 4.69) is 15.5 Å². The molecular formula is C23H33N5O4. The van der Waals surface area contributed by atoms with Crippen molar-refractivity contribution in [3.63, 3.8) is 0 Å². The Balaban J connectivity index is 1.73. The maximum atomic E-state index is 13.1. The molecule has 0 bridgehead atoms. The number of carbonyl (C=O) groups is 2. The summed E-state index contributed by atoms with van der Waals surface area (Å²) in [6, 6.07) is 7.33. The van der Waals surface area contributed by atoms with Gasteiger partial charge in [-0.05, 0) is 36.8 Å². The van der Waals surface area contributed by atoms with Crippen molar-refractivity contribution in [1.29, 1.82) is 0 Å². The fourth-order valence-electron chi connectivity index (χ4n) is 3.86. The van der Waals surface area contributed by atoms with Crippen molar-refractivity contribution >= 4 is 11.8 Å². The second-order valence-corrected chi connectivity index (χ2v) is 8.99. The Morgan fingerprint density at radius 2 is 1.84 bits per heavy atom. The van der Waals surface area contributed by atoms with Crippen LogP contribution in [0.15, 0.2) is 34.7 Å². The Morgan fingerprint density at radius 1 is 1.16 bits per heavy atom. The van der Waals surface area contributed by atoms with Gasteiger partial charge in [0.2, 0.25) is 23.6 Å². The van der Waals surface area contributed by atoms with Gasteiger partial charge in [-0.3, -0.25) is 9.59 Å². The van der Waals surface area contributed by atoms with E-state index in [-0.39, 0.29) is 29.5 Å². The van der Waals surface area contributed by atoms with E-state index in [9.17, 15) is 14.7 Å². The Hall–Kier alpha value is -2.78. The van der Waals surface area contributed by atoms with Crippen LogP contribution in [0.5, 0.6) is 0 Å². The zero-order chi connectivity index (χ0) is 23.4. The van der Waals surface area contributed by atoms with Crippen LogP contribution in [-0.4, -0.2) is 56.7 Å². The SMILES string of the molecule is CC(C)C(NC(=O)[C@H]1CCCN1C(=O)[C@@H](N)C(C)C)C(O)c1nnc(-c2ccccc2)o1. The zero-order valence-electron chi connectivity index (χ0n) is 19.1. The fraction of sp³-hybridized carbons (Fsp3) is 0.565. The molecule has 1 aromatic carbocycles. The number of hydrogen-bond acceptors (Lipinski definition) is 7. The number of likely N-dealkylation sites (tertiary alicyclic amines) is 1. The molecule has 2 heterocycles. The van der Waals surface area contributed by atoms with E-state index in [1.165, 1.54) is 0 Å². The van der Waals surface area contributed by atoms with Crippen LogP contribution in [0.1, 0.15) is 52.5 Å². The van der Waals surface area contributed by atoms with E-state index in [1.807, 2.05) is 58.0 Å². The highest BCUT2D eigenvalue weighted by atomic mass is 16.4. The minimum atomic E-state index is -1.19. The number of amides is 2. The summed E-state index contributed by atoms with van der Waals surface area (Å²) in [4.78, 5) is 27.4. The molecule has 4 N–H and O–H groups in total. The van der Waals surface area contributed by atoms with Crippen LogP contribution in [0.25, 0.3) is 11.5 Å². The van der Waals surface area contributed by atoms with Crippen molar-refractivity contribution in [3.8, 4) is 11.5 Å². The number of rotatable bonds is 8. The summed E-state index contributed by atoms with van der Waals surface area (Å²) >= 11 is 0. The fourth-order valence-corrected chi connectivity index (χ4v) is 3.86. The van der Waals surface area contributed by atoms with E-state index in [4.69, 9.17) is 10.2 Å². The van der Waals surface area contributed by atoms with E-state index < -0.39 is 24.2 Å². The molecule has 1 aromatic heterocycles. The minimum Gasteiger partial charge on any atom is -0.418 e. The number of hydrogen-bond donors (Lipinski definition) is 3. The highest BCUT2D eigenvalue weighted by Crippen LogP contribution is 2.26. The molecule has 0 spiro atoms. The summed E-state index contributed by atoms with van der Waals surface area (Å²) < 4.78 is 5.68. The van der Waals surface area contributed by atoms with Crippen LogP contribution in [0, 0.1) is 11.8 Å². The molecule has 2 amide bonds. The molecule has 0 saturated carbocycles. The highest BCUT2D eigenvalue weighted by molar-refractivity contribution is 5.90. The van der Waals surface area contributed by atoms with Gasteiger partial charge in [-0.2, -0.15) is 0 Å². The largest absolute Gasteiger partial charge is 0.418 e. The second-order valence-electron chi connectivity index (χ2n) is 8.99. The number of nitrogens with one attached hydrogen (secondary N) is 1. The molecule has 32 heavy (non-hydrogen) atoms. The summed E-state index contributed by atoms with van der Waals surface area (Å²) in [5, 5.41) is 21.8. The topological polar surface area (TPSA) is 135 Å². The molecule has 1 fully saturated rings. The monoisotopic (exact) mass is 443 g/mol. The summed E-state index contributed by atoms with van der Waals surface area (Å²) in [6.07, 6.45) is 0.0997. The van der Waals surface area contributed by atoms with Crippen molar-refractivity contribution in [1.82, 2.24) is 20.4 Å². The maximum absolute atomic E-state index is 13.1. The van der Waals surface area contributed by atoms with Gasteiger partial charge in [0, 0.05) is 12.1 Å². The summed E-state index contributed by atoms with van der Waals surface area (Å²) in [6.45, 7) is 8.03. The smallest absolute Gasteiger partial charge is 0.247 e. The predicted octanol–water partition coefficient (Wildman–Crippen LogP) is 1.89. The first-order chi connectivity index (χ1) is 15.2. The first-order valence-electron chi connectivity index (χ1n) is 11.1. The molecule has 2 unspecified atom stereocenters. The summed E-state index contributed by atoms with van der Waals surface area (Å²) in [5.41, 5.74) is 6.78. The van der Waals surface area contributed by atoms with E-state index in [1.54, 1.807) is 4.90 Å². The summed E-state index contributed by atoms with van der Waals surface area (Å²) in [7, 11) is 0. The molecule has 9 heteroatoms. The normalized spacial score (nSPS) is 19.2. The predicted molar refractivity (Wildman–Crippen MR) is 119 cm³/mol. The lowest BCUT2D eigenvalue weighted by Crippen LogP contribution is -2.55. The van der Waals surface area contributed by atoms with Crippen LogP contribution < -0.4 is 11.1 Å². The molecule has 174 valence electrons. The Labute approximate surface area is 188 Å². The van der Waals surface area contributed by atoms with Crippen molar-refractivity contribution < 1.29 is 19.1 Å². The third kappa shape index (κ3) is 5.16. The highest BCUT2D eigenvalue weighted by Gasteiger charge is 2.39. The number of aliphatic hydroxyl groups is 1. The number of nitrogens with two attached hydrogens (primary N) is 1. The third-order valence-corrected chi connectivity index (χ3v) is 5.92. The number of aliphatic hydroxyl groups excluding tert-OH is 1. The molecule has 3 rings (SSSR count). The second kappa shape index (κ2) is 10.2. The van der Waals surface area contributed by atoms with E-state index in [0.29, 0.717) is 18.9 Å². The molecule has 1 saturated heterocycles. The lowest BCUT2D eigenvalue weighted by molar-refractivity contribution is -0.140. The average Bonchev–Trinajstić information content (AvgIpc) is 3.46. The molecular weight excluding hydrogens is 410 g/mol. The molecule has 1 aliphatic rings. The molecule has 9 nitrogen and oxygen atoms in total.